The first-order valence-corrected chi connectivity index (χ1v) is 7.88. The number of carbonyl (C=O) groups is 2. The molecular formula is C19H19NO4. The van der Waals surface area contributed by atoms with Crippen molar-refractivity contribution < 1.29 is 19.8 Å². The smallest absolute Gasteiger partial charge is 0.254 e. The monoisotopic (exact) mass is 325 g/mol. The molecule has 1 fully saturated rings. The predicted octanol–water partition coefficient (Wildman–Crippen LogP) is 1.34. The molecule has 1 aliphatic rings. The van der Waals surface area contributed by atoms with Gasteiger partial charge < -0.3 is 15.1 Å². The fourth-order valence-corrected chi connectivity index (χ4v) is 2.98. The Morgan fingerprint density at radius 1 is 0.958 bits per heavy atom. The lowest BCUT2D eigenvalue weighted by Crippen LogP contribution is -2.31. The number of amides is 1. The van der Waals surface area contributed by atoms with Gasteiger partial charge in [-0.15, -0.1) is 0 Å². The quantitative estimate of drug-likeness (QED) is 0.832. The normalized spacial score (nSPS) is 20.2. The number of ketones is 1. The van der Waals surface area contributed by atoms with E-state index in [1.807, 2.05) is 6.07 Å². The number of hydrogen-bond donors (Lipinski definition) is 2. The van der Waals surface area contributed by atoms with Gasteiger partial charge >= 0.3 is 0 Å². The zero-order valence-corrected chi connectivity index (χ0v) is 13.1. The fourth-order valence-electron chi connectivity index (χ4n) is 2.98. The molecule has 1 heterocycles. The van der Waals surface area contributed by atoms with Gasteiger partial charge in [-0.3, -0.25) is 9.59 Å². The molecule has 124 valence electrons. The van der Waals surface area contributed by atoms with Gasteiger partial charge in [0.15, 0.2) is 5.78 Å². The van der Waals surface area contributed by atoms with Crippen LogP contribution in [0.1, 0.15) is 26.3 Å². The molecule has 2 atom stereocenters. The summed E-state index contributed by atoms with van der Waals surface area (Å²) in [7, 11) is 0. The van der Waals surface area contributed by atoms with Gasteiger partial charge in [0.1, 0.15) is 0 Å². The van der Waals surface area contributed by atoms with Crippen molar-refractivity contribution in [2.75, 3.05) is 19.7 Å². The van der Waals surface area contributed by atoms with E-state index < -0.39 is 6.10 Å². The second-order valence-corrected chi connectivity index (χ2v) is 5.96. The van der Waals surface area contributed by atoms with E-state index in [9.17, 15) is 19.8 Å². The summed E-state index contributed by atoms with van der Waals surface area (Å²) in [5.41, 5.74) is 1.18. The van der Waals surface area contributed by atoms with Gasteiger partial charge in [0.05, 0.1) is 18.3 Å². The number of likely N-dealkylation sites (tertiary alicyclic amines) is 1. The minimum Gasteiger partial charge on any atom is -0.396 e. The number of benzene rings is 2. The topological polar surface area (TPSA) is 77.8 Å². The first-order valence-electron chi connectivity index (χ1n) is 7.88. The van der Waals surface area contributed by atoms with Gasteiger partial charge in [-0.25, -0.2) is 0 Å². The van der Waals surface area contributed by atoms with Crippen LogP contribution in [0.25, 0.3) is 0 Å². The van der Waals surface area contributed by atoms with E-state index in [1.165, 1.54) is 4.90 Å². The molecular weight excluding hydrogens is 306 g/mol. The molecule has 1 saturated heterocycles. The maximum absolute atomic E-state index is 12.8. The zero-order valence-electron chi connectivity index (χ0n) is 13.1. The lowest BCUT2D eigenvalue weighted by Gasteiger charge is -2.17. The van der Waals surface area contributed by atoms with Crippen molar-refractivity contribution in [3.8, 4) is 0 Å². The Labute approximate surface area is 140 Å². The van der Waals surface area contributed by atoms with Crippen molar-refractivity contribution in [1.29, 1.82) is 0 Å². The van der Waals surface area contributed by atoms with Crippen LogP contribution in [0, 0.1) is 5.92 Å². The molecule has 0 aliphatic carbocycles. The molecule has 0 saturated carbocycles. The first kappa shape index (κ1) is 16.4. The standard InChI is InChI=1S/C19H19NO4/c21-12-14-10-20(11-17(14)22)19(24)16-9-5-4-8-15(16)18(23)13-6-2-1-3-7-13/h1-9,14,17,21-22H,10-12H2. The number of rotatable bonds is 4. The Balaban J connectivity index is 1.90. The van der Waals surface area contributed by atoms with Gasteiger partial charge in [-0.1, -0.05) is 48.5 Å². The summed E-state index contributed by atoms with van der Waals surface area (Å²) < 4.78 is 0. The Morgan fingerprint density at radius 3 is 2.21 bits per heavy atom. The summed E-state index contributed by atoms with van der Waals surface area (Å²) in [5, 5.41) is 19.1. The maximum Gasteiger partial charge on any atom is 0.254 e. The van der Waals surface area contributed by atoms with Gasteiger partial charge in [-0.2, -0.15) is 0 Å². The van der Waals surface area contributed by atoms with Crippen molar-refractivity contribution in [1.82, 2.24) is 4.90 Å². The number of nitrogens with zero attached hydrogens (tertiary/aromatic N) is 1. The third-order valence-corrected chi connectivity index (χ3v) is 4.37. The number of β-amino-alcohol motifs (C(OH)–C–C–N with tert-alkyl or cyclic N) is 1. The SMILES string of the molecule is O=C(c1ccccc1)c1ccccc1C(=O)N1CC(O)C(CO)C1. The lowest BCUT2D eigenvalue weighted by atomic mass is 9.97. The average Bonchev–Trinajstić information content (AvgIpc) is 3.02. The van der Waals surface area contributed by atoms with Crippen LogP contribution < -0.4 is 0 Å². The Kier molecular flexibility index (Phi) is 4.74. The second-order valence-electron chi connectivity index (χ2n) is 5.96. The molecule has 0 spiro atoms. The van der Waals surface area contributed by atoms with Crippen LogP contribution in [0.5, 0.6) is 0 Å². The highest BCUT2D eigenvalue weighted by atomic mass is 16.3. The van der Waals surface area contributed by atoms with E-state index >= 15 is 0 Å². The van der Waals surface area contributed by atoms with Gasteiger partial charge in [-0.05, 0) is 6.07 Å². The molecule has 5 nitrogen and oxygen atoms in total. The highest BCUT2D eigenvalue weighted by Gasteiger charge is 2.34. The minimum atomic E-state index is -0.740. The molecule has 24 heavy (non-hydrogen) atoms. The van der Waals surface area contributed by atoms with Crippen molar-refractivity contribution in [2.45, 2.75) is 6.10 Å². The number of aliphatic hydroxyl groups is 2. The van der Waals surface area contributed by atoms with E-state index in [2.05, 4.69) is 0 Å². The molecule has 2 aromatic carbocycles. The Morgan fingerprint density at radius 2 is 1.58 bits per heavy atom. The highest BCUT2D eigenvalue weighted by molar-refractivity contribution is 6.15. The van der Waals surface area contributed by atoms with Crippen LogP contribution in [-0.4, -0.2) is 52.6 Å². The van der Waals surface area contributed by atoms with Crippen molar-refractivity contribution >= 4 is 11.7 Å². The van der Waals surface area contributed by atoms with Crippen LogP contribution in [0.2, 0.25) is 0 Å². The van der Waals surface area contributed by atoms with Gasteiger partial charge in [0, 0.05) is 30.1 Å². The van der Waals surface area contributed by atoms with Crippen LogP contribution in [0.3, 0.4) is 0 Å². The minimum absolute atomic E-state index is 0.165. The summed E-state index contributed by atoms with van der Waals surface area (Å²) in [4.78, 5) is 27.0. The Bertz CT molecular complexity index is 744. The number of hydrogen-bond acceptors (Lipinski definition) is 4. The number of carbonyl (C=O) groups excluding carboxylic acids is 2. The third-order valence-electron chi connectivity index (χ3n) is 4.37. The molecule has 0 radical (unpaired) electrons. The van der Waals surface area contributed by atoms with Crippen molar-refractivity contribution in [3.63, 3.8) is 0 Å². The molecule has 5 heteroatoms. The molecule has 3 rings (SSSR count). The fraction of sp³-hybridized carbons (Fsp3) is 0.263. The summed E-state index contributed by atoms with van der Waals surface area (Å²) in [6, 6.07) is 15.5. The highest BCUT2D eigenvalue weighted by Crippen LogP contribution is 2.22. The third kappa shape index (κ3) is 3.09. The van der Waals surface area contributed by atoms with Crippen LogP contribution in [0.4, 0.5) is 0 Å². The first-order chi connectivity index (χ1) is 11.6. The van der Waals surface area contributed by atoms with Crippen molar-refractivity contribution in [3.05, 3.63) is 71.3 Å². The number of aliphatic hydroxyl groups excluding tert-OH is 2. The van der Waals surface area contributed by atoms with Crippen LogP contribution in [0.15, 0.2) is 54.6 Å². The van der Waals surface area contributed by atoms with E-state index in [4.69, 9.17) is 0 Å². The molecule has 2 unspecified atom stereocenters. The van der Waals surface area contributed by atoms with Gasteiger partial charge in [0.25, 0.3) is 5.91 Å². The predicted molar refractivity (Wildman–Crippen MR) is 88.8 cm³/mol. The van der Waals surface area contributed by atoms with Crippen LogP contribution in [-0.2, 0) is 0 Å². The molecule has 2 aromatic rings. The van der Waals surface area contributed by atoms with E-state index in [-0.39, 0.29) is 37.3 Å². The molecule has 1 aliphatic heterocycles. The summed E-state index contributed by atoms with van der Waals surface area (Å²) in [6.07, 6.45) is -0.740. The average molecular weight is 325 g/mol. The van der Waals surface area contributed by atoms with Crippen LogP contribution >= 0.6 is 0 Å². The molecule has 0 aromatic heterocycles. The van der Waals surface area contributed by atoms with E-state index in [1.54, 1.807) is 48.5 Å². The summed E-state index contributed by atoms with van der Waals surface area (Å²) in [5.74, 6) is -0.853. The molecule has 1 amide bonds. The van der Waals surface area contributed by atoms with Gasteiger partial charge in [0.2, 0.25) is 0 Å². The summed E-state index contributed by atoms with van der Waals surface area (Å²) >= 11 is 0. The maximum atomic E-state index is 12.8. The van der Waals surface area contributed by atoms with E-state index in [0.717, 1.165) is 0 Å². The lowest BCUT2D eigenvalue weighted by molar-refractivity contribution is 0.0759. The largest absolute Gasteiger partial charge is 0.396 e. The zero-order chi connectivity index (χ0) is 17.1. The van der Waals surface area contributed by atoms with Crippen molar-refractivity contribution in [2.24, 2.45) is 5.92 Å². The second kappa shape index (κ2) is 6.95. The Hall–Kier alpha value is -2.50. The molecule has 2 N–H and O–H groups in total. The van der Waals surface area contributed by atoms with E-state index in [0.29, 0.717) is 16.7 Å². The molecule has 0 bridgehead atoms. The summed E-state index contributed by atoms with van der Waals surface area (Å²) in [6.45, 7) is 0.276.